The first kappa shape index (κ1) is 12.9. The SMILES string of the molecule is CNC(C)c1cccnc1SC1CCOCC1. The molecule has 1 N–H and O–H groups in total. The van der Waals surface area contributed by atoms with Crippen molar-refractivity contribution in [3.05, 3.63) is 23.9 Å². The van der Waals surface area contributed by atoms with E-state index in [1.54, 1.807) is 0 Å². The molecule has 1 aromatic heterocycles. The number of nitrogens with one attached hydrogen (secondary N) is 1. The van der Waals surface area contributed by atoms with Crippen molar-refractivity contribution in [2.75, 3.05) is 20.3 Å². The number of hydrogen-bond acceptors (Lipinski definition) is 4. The number of pyridine rings is 1. The Morgan fingerprint density at radius 1 is 1.47 bits per heavy atom. The first-order valence-corrected chi connectivity index (χ1v) is 7.06. The second-order valence-corrected chi connectivity index (χ2v) is 5.63. The van der Waals surface area contributed by atoms with Gasteiger partial charge in [-0.05, 0) is 32.9 Å². The summed E-state index contributed by atoms with van der Waals surface area (Å²) >= 11 is 1.90. The van der Waals surface area contributed by atoms with Gasteiger partial charge < -0.3 is 10.1 Å². The van der Waals surface area contributed by atoms with Crippen molar-refractivity contribution in [3.8, 4) is 0 Å². The summed E-state index contributed by atoms with van der Waals surface area (Å²) in [4.78, 5) is 4.52. The maximum atomic E-state index is 5.39. The third kappa shape index (κ3) is 3.44. The molecule has 0 aliphatic carbocycles. The molecule has 1 fully saturated rings. The zero-order valence-electron chi connectivity index (χ0n) is 10.5. The minimum absolute atomic E-state index is 0.353. The third-order valence-corrected chi connectivity index (χ3v) is 4.52. The number of aromatic nitrogens is 1. The van der Waals surface area contributed by atoms with E-state index in [-0.39, 0.29) is 0 Å². The molecule has 94 valence electrons. The molecule has 1 aliphatic heterocycles. The molecule has 0 aromatic carbocycles. The molecule has 0 bridgehead atoms. The van der Waals surface area contributed by atoms with E-state index in [2.05, 4.69) is 23.3 Å². The summed E-state index contributed by atoms with van der Waals surface area (Å²) in [5, 5.41) is 5.10. The van der Waals surface area contributed by atoms with E-state index in [4.69, 9.17) is 4.74 Å². The van der Waals surface area contributed by atoms with Crippen LogP contribution in [0.1, 0.15) is 31.4 Å². The summed E-state index contributed by atoms with van der Waals surface area (Å²) < 4.78 is 5.39. The molecular formula is C13H20N2OS. The van der Waals surface area contributed by atoms with Crippen molar-refractivity contribution in [2.45, 2.75) is 36.1 Å². The summed E-state index contributed by atoms with van der Waals surface area (Å²) in [6.07, 6.45) is 4.15. The number of nitrogens with zero attached hydrogens (tertiary/aromatic N) is 1. The molecular weight excluding hydrogens is 232 g/mol. The minimum Gasteiger partial charge on any atom is -0.381 e. The zero-order chi connectivity index (χ0) is 12.1. The van der Waals surface area contributed by atoms with E-state index < -0.39 is 0 Å². The maximum Gasteiger partial charge on any atom is 0.101 e. The lowest BCUT2D eigenvalue weighted by Gasteiger charge is -2.23. The van der Waals surface area contributed by atoms with E-state index in [1.165, 1.54) is 10.6 Å². The highest BCUT2D eigenvalue weighted by molar-refractivity contribution is 7.99. The van der Waals surface area contributed by atoms with Gasteiger partial charge >= 0.3 is 0 Å². The van der Waals surface area contributed by atoms with Crippen LogP contribution in [0.5, 0.6) is 0 Å². The van der Waals surface area contributed by atoms with E-state index in [0.717, 1.165) is 26.1 Å². The lowest BCUT2D eigenvalue weighted by Crippen LogP contribution is -2.19. The Morgan fingerprint density at radius 3 is 2.94 bits per heavy atom. The highest BCUT2D eigenvalue weighted by atomic mass is 32.2. The van der Waals surface area contributed by atoms with Crippen molar-refractivity contribution in [1.82, 2.24) is 10.3 Å². The molecule has 1 unspecified atom stereocenters. The van der Waals surface area contributed by atoms with Crippen LogP contribution in [0.25, 0.3) is 0 Å². The van der Waals surface area contributed by atoms with Crippen LogP contribution >= 0.6 is 11.8 Å². The summed E-state index contributed by atoms with van der Waals surface area (Å²) in [7, 11) is 1.99. The van der Waals surface area contributed by atoms with E-state index in [9.17, 15) is 0 Å². The van der Waals surface area contributed by atoms with Crippen LogP contribution in [0.4, 0.5) is 0 Å². The Hall–Kier alpha value is -0.580. The topological polar surface area (TPSA) is 34.2 Å². The van der Waals surface area contributed by atoms with Crippen molar-refractivity contribution in [2.24, 2.45) is 0 Å². The first-order valence-electron chi connectivity index (χ1n) is 6.18. The number of thioether (sulfide) groups is 1. The zero-order valence-corrected chi connectivity index (χ0v) is 11.3. The fourth-order valence-electron chi connectivity index (χ4n) is 1.94. The summed E-state index contributed by atoms with van der Waals surface area (Å²) in [5.41, 5.74) is 1.30. The summed E-state index contributed by atoms with van der Waals surface area (Å²) in [6.45, 7) is 3.95. The Balaban J connectivity index is 2.08. The van der Waals surface area contributed by atoms with Gasteiger partial charge in [-0.25, -0.2) is 4.98 Å². The average Bonchev–Trinajstić information content (AvgIpc) is 2.40. The first-order chi connectivity index (χ1) is 8.31. The van der Waals surface area contributed by atoms with Crippen molar-refractivity contribution < 1.29 is 4.74 Å². The van der Waals surface area contributed by atoms with Gasteiger partial charge in [0.2, 0.25) is 0 Å². The Kier molecular flexibility index (Phi) is 4.83. The summed E-state index contributed by atoms with van der Waals surface area (Å²) in [6, 6.07) is 4.53. The van der Waals surface area contributed by atoms with E-state index in [0.29, 0.717) is 11.3 Å². The molecule has 4 heteroatoms. The standard InChI is InChI=1S/C13H20N2OS/c1-10(14-2)12-4-3-7-15-13(12)17-11-5-8-16-9-6-11/h3-4,7,10-11,14H,5-6,8-9H2,1-2H3. The second-order valence-electron chi connectivity index (χ2n) is 4.34. The van der Waals surface area contributed by atoms with Gasteiger partial charge in [0, 0.05) is 36.3 Å². The van der Waals surface area contributed by atoms with Gasteiger partial charge in [-0.15, -0.1) is 11.8 Å². The Labute approximate surface area is 107 Å². The fraction of sp³-hybridized carbons (Fsp3) is 0.615. The molecule has 17 heavy (non-hydrogen) atoms. The van der Waals surface area contributed by atoms with Crippen LogP contribution in [-0.4, -0.2) is 30.5 Å². The number of hydrogen-bond donors (Lipinski definition) is 1. The largest absolute Gasteiger partial charge is 0.381 e. The van der Waals surface area contributed by atoms with E-state index >= 15 is 0 Å². The average molecular weight is 252 g/mol. The van der Waals surface area contributed by atoms with Gasteiger partial charge in [0.05, 0.1) is 0 Å². The molecule has 1 saturated heterocycles. The maximum absolute atomic E-state index is 5.39. The highest BCUT2D eigenvalue weighted by Gasteiger charge is 2.18. The molecule has 1 aromatic rings. The number of ether oxygens (including phenoxy) is 1. The van der Waals surface area contributed by atoms with Gasteiger partial charge in [-0.3, -0.25) is 0 Å². The van der Waals surface area contributed by atoms with Crippen molar-refractivity contribution in [3.63, 3.8) is 0 Å². The monoisotopic (exact) mass is 252 g/mol. The predicted octanol–water partition coefficient (Wildman–Crippen LogP) is 2.63. The quantitative estimate of drug-likeness (QED) is 0.893. The lowest BCUT2D eigenvalue weighted by molar-refractivity contribution is 0.1000. The molecule has 1 aliphatic rings. The van der Waals surface area contributed by atoms with Crippen LogP contribution in [0, 0.1) is 0 Å². The van der Waals surface area contributed by atoms with Gasteiger partial charge in [-0.2, -0.15) is 0 Å². The highest BCUT2D eigenvalue weighted by Crippen LogP contribution is 2.32. The number of rotatable bonds is 4. The molecule has 2 rings (SSSR count). The van der Waals surface area contributed by atoms with Gasteiger partial charge in [-0.1, -0.05) is 6.07 Å². The molecule has 1 atom stereocenters. The van der Waals surface area contributed by atoms with Gasteiger partial charge in [0.25, 0.3) is 0 Å². The van der Waals surface area contributed by atoms with Gasteiger partial charge in [0.15, 0.2) is 0 Å². The Morgan fingerprint density at radius 2 is 2.24 bits per heavy atom. The molecule has 0 spiro atoms. The smallest absolute Gasteiger partial charge is 0.101 e. The van der Waals surface area contributed by atoms with Crippen LogP contribution in [0.2, 0.25) is 0 Å². The lowest BCUT2D eigenvalue weighted by atomic mass is 10.1. The molecule has 3 nitrogen and oxygen atoms in total. The third-order valence-electron chi connectivity index (χ3n) is 3.15. The fourth-order valence-corrected chi connectivity index (χ4v) is 3.18. The normalized spacial score (nSPS) is 19.2. The van der Waals surface area contributed by atoms with Gasteiger partial charge in [0.1, 0.15) is 5.03 Å². The molecule has 0 amide bonds. The van der Waals surface area contributed by atoms with Crippen molar-refractivity contribution >= 4 is 11.8 Å². The molecule has 2 heterocycles. The van der Waals surface area contributed by atoms with Crippen molar-refractivity contribution in [1.29, 1.82) is 0 Å². The second kappa shape index (κ2) is 6.38. The van der Waals surface area contributed by atoms with Crippen LogP contribution in [0.3, 0.4) is 0 Å². The van der Waals surface area contributed by atoms with Crippen LogP contribution in [-0.2, 0) is 4.74 Å². The Bertz CT molecular complexity index is 353. The minimum atomic E-state index is 0.353. The van der Waals surface area contributed by atoms with Crippen LogP contribution < -0.4 is 5.32 Å². The predicted molar refractivity (Wildman–Crippen MR) is 71.4 cm³/mol. The van der Waals surface area contributed by atoms with E-state index in [1.807, 2.05) is 31.1 Å². The molecule has 0 radical (unpaired) electrons. The van der Waals surface area contributed by atoms with Crippen LogP contribution in [0.15, 0.2) is 23.4 Å². The molecule has 0 saturated carbocycles. The summed E-state index contributed by atoms with van der Waals surface area (Å²) in [5.74, 6) is 0.